The third-order valence-electron chi connectivity index (χ3n) is 3.70. The second-order valence-electron chi connectivity index (χ2n) is 5.68. The van der Waals surface area contributed by atoms with Crippen molar-refractivity contribution in [2.24, 2.45) is 0 Å². The zero-order chi connectivity index (χ0) is 19.1. The molecular weight excluding hydrogens is 364 g/mol. The number of aromatic nitrogens is 1. The lowest BCUT2D eigenvalue weighted by Crippen LogP contribution is -2.26. The van der Waals surface area contributed by atoms with Crippen molar-refractivity contribution in [3.05, 3.63) is 89.2 Å². The van der Waals surface area contributed by atoms with Gasteiger partial charge in [0.05, 0.1) is 11.3 Å². The van der Waals surface area contributed by atoms with Gasteiger partial charge in [0, 0.05) is 29.6 Å². The largest absolute Gasteiger partial charge is 0.348 e. The van der Waals surface area contributed by atoms with E-state index >= 15 is 0 Å². The number of pyridine rings is 1. The van der Waals surface area contributed by atoms with Gasteiger partial charge in [-0.1, -0.05) is 29.8 Å². The van der Waals surface area contributed by atoms with Crippen LogP contribution in [0.1, 0.15) is 15.9 Å². The summed E-state index contributed by atoms with van der Waals surface area (Å²) in [4.78, 5) is 28.7. The molecular formula is C20H17ClN4O2. The number of carbonyl (C=O) groups is 2. The molecule has 0 atom stereocenters. The summed E-state index contributed by atoms with van der Waals surface area (Å²) in [6.07, 6.45) is 3.35. The standard InChI is InChI=1S/C20H17ClN4O2/c21-15-7-9-16(10-8-15)24-20(27)25-18-6-2-1-5-17(18)19(26)23-13-14-4-3-11-22-12-14/h1-12H,13H2,(H,23,26)(H2,24,25,27). The molecule has 136 valence electrons. The summed E-state index contributed by atoms with van der Waals surface area (Å²) >= 11 is 5.83. The molecule has 2 aromatic carbocycles. The van der Waals surface area contributed by atoms with Crippen LogP contribution in [0.25, 0.3) is 0 Å². The van der Waals surface area contributed by atoms with E-state index in [2.05, 4.69) is 20.9 Å². The lowest BCUT2D eigenvalue weighted by atomic mass is 10.1. The summed E-state index contributed by atoms with van der Waals surface area (Å²) in [7, 11) is 0. The van der Waals surface area contributed by atoms with Crippen LogP contribution in [0.5, 0.6) is 0 Å². The molecule has 3 rings (SSSR count). The van der Waals surface area contributed by atoms with Gasteiger partial charge in [-0.25, -0.2) is 4.79 Å². The molecule has 0 aliphatic rings. The minimum atomic E-state index is -0.454. The van der Waals surface area contributed by atoms with E-state index in [-0.39, 0.29) is 5.91 Å². The second kappa shape index (κ2) is 8.82. The normalized spacial score (nSPS) is 10.1. The Kier molecular flexibility index (Phi) is 6.02. The Labute approximate surface area is 161 Å². The third kappa shape index (κ3) is 5.29. The molecule has 0 fully saturated rings. The average molecular weight is 381 g/mol. The number of urea groups is 1. The molecule has 0 saturated carbocycles. The highest BCUT2D eigenvalue weighted by atomic mass is 35.5. The number of halogens is 1. The molecule has 1 aromatic heterocycles. The van der Waals surface area contributed by atoms with E-state index < -0.39 is 6.03 Å². The van der Waals surface area contributed by atoms with Crippen LogP contribution in [-0.4, -0.2) is 16.9 Å². The Morgan fingerprint density at radius 2 is 1.70 bits per heavy atom. The molecule has 0 saturated heterocycles. The zero-order valence-electron chi connectivity index (χ0n) is 14.3. The van der Waals surface area contributed by atoms with Gasteiger partial charge in [0.25, 0.3) is 5.91 Å². The molecule has 0 radical (unpaired) electrons. The van der Waals surface area contributed by atoms with Crippen LogP contribution in [0.4, 0.5) is 16.2 Å². The van der Waals surface area contributed by atoms with Gasteiger partial charge in [0.15, 0.2) is 0 Å². The van der Waals surface area contributed by atoms with Gasteiger partial charge < -0.3 is 16.0 Å². The Bertz CT molecular complexity index is 930. The molecule has 3 amide bonds. The first-order chi connectivity index (χ1) is 13.1. The van der Waals surface area contributed by atoms with Crippen molar-refractivity contribution in [1.29, 1.82) is 0 Å². The molecule has 0 aliphatic heterocycles. The smallest absolute Gasteiger partial charge is 0.323 e. The van der Waals surface area contributed by atoms with Crippen molar-refractivity contribution in [2.75, 3.05) is 10.6 Å². The maximum absolute atomic E-state index is 12.5. The van der Waals surface area contributed by atoms with E-state index in [1.165, 1.54) is 0 Å². The summed E-state index contributed by atoms with van der Waals surface area (Å²) in [5.74, 6) is -0.291. The van der Waals surface area contributed by atoms with Crippen LogP contribution >= 0.6 is 11.6 Å². The molecule has 0 unspecified atom stereocenters. The van der Waals surface area contributed by atoms with E-state index in [0.717, 1.165) is 5.56 Å². The van der Waals surface area contributed by atoms with Crippen molar-refractivity contribution in [3.63, 3.8) is 0 Å². The molecule has 0 spiro atoms. The summed E-state index contributed by atoms with van der Waals surface area (Å²) in [6.45, 7) is 0.345. The van der Waals surface area contributed by atoms with Crippen LogP contribution < -0.4 is 16.0 Å². The zero-order valence-corrected chi connectivity index (χ0v) is 15.0. The molecule has 1 heterocycles. The number of nitrogens with zero attached hydrogens (tertiary/aromatic N) is 1. The van der Waals surface area contributed by atoms with Gasteiger partial charge in [0.2, 0.25) is 0 Å². The predicted octanol–water partition coefficient (Wildman–Crippen LogP) is 4.31. The highest BCUT2D eigenvalue weighted by Crippen LogP contribution is 2.17. The molecule has 6 nitrogen and oxygen atoms in total. The maximum Gasteiger partial charge on any atom is 0.323 e. The maximum atomic E-state index is 12.5. The fraction of sp³-hybridized carbons (Fsp3) is 0.0500. The molecule has 27 heavy (non-hydrogen) atoms. The fourth-order valence-electron chi connectivity index (χ4n) is 2.39. The fourth-order valence-corrected chi connectivity index (χ4v) is 2.51. The molecule has 0 bridgehead atoms. The Hall–Kier alpha value is -3.38. The predicted molar refractivity (Wildman–Crippen MR) is 106 cm³/mol. The van der Waals surface area contributed by atoms with Gasteiger partial charge in [0.1, 0.15) is 0 Å². The summed E-state index contributed by atoms with van der Waals surface area (Å²) in [5.41, 5.74) is 2.26. The highest BCUT2D eigenvalue weighted by molar-refractivity contribution is 6.30. The monoisotopic (exact) mass is 380 g/mol. The Morgan fingerprint density at radius 3 is 2.44 bits per heavy atom. The summed E-state index contributed by atoms with van der Waals surface area (Å²) in [6, 6.07) is 16.8. The van der Waals surface area contributed by atoms with Gasteiger partial charge in [-0.3, -0.25) is 9.78 Å². The van der Waals surface area contributed by atoms with Gasteiger partial charge >= 0.3 is 6.03 Å². The minimum Gasteiger partial charge on any atom is -0.348 e. The molecule has 0 aliphatic carbocycles. The van der Waals surface area contributed by atoms with E-state index in [4.69, 9.17) is 11.6 Å². The summed E-state index contributed by atoms with van der Waals surface area (Å²) < 4.78 is 0. The van der Waals surface area contributed by atoms with Crippen molar-refractivity contribution < 1.29 is 9.59 Å². The van der Waals surface area contributed by atoms with Crippen LogP contribution in [0, 0.1) is 0 Å². The minimum absolute atomic E-state index is 0.291. The van der Waals surface area contributed by atoms with Crippen LogP contribution in [0.15, 0.2) is 73.1 Å². The number of hydrogen-bond donors (Lipinski definition) is 3. The van der Waals surface area contributed by atoms with Crippen LogP contribution in [-0.2, 0) is 6.54 Å². The number of nitrogens with one attached hydrogen (secondary N) is 3. The Balaban J connectivity index is 1.65. The highest BCUT2D eigenvalue weighted by Gasteiger charge is 2.13. The van der Waals surface area contributed by atoms with E-state index in [0.29, 0.717) is 28.5 Å². The Morgan fingerprint density at radius 1 is 0.926 bits per heavy atom. The van der Waals surface area contributed by atoms with Crippen LogP contribution in [0.2, 0.25) is 5.02 Å². The summed E-state index contributed by atoms with van der Waals surface area (Å²) in [5, 5.41) is 8.79. The lowest BCUT2D eigenvalue weighted by molar-refractivity contribution is 0.0951. The number of anilines is 2. The van der Waals surface area contributed by atoms with Crippen LogP contribution in [0.3, 0.4) is 0 Å². The van der Waals surface area contributed by atoms with Gasteiger partial charge in [-0.05, 0) is 48.0 Å². The van der Waals surface area contributed by atoms with Gasteiger partial charge in [-0.15, -0.1) is 0 Å². The second-order valence-corrected chi connectivity index (χ2v) is 6.11. The number of hydrogen-bond acceptors (Lipinski definition) is 3. The van der Waals surface area contributed by atoms with Crippen molar-refractivity contribution in [1.82, 2.24) is 10.3 Å². The molecule has 7 heteroatoms. The molecule has 3 N–H and O–H groups in total. The lowest BCUT2D eigenvalue weighted by Gasteiger charge is -2.12. The number of rotatable bonds is 5. The first-order valence-corrected chi connectivity index (χ1v) is 8.59. The van der Waals surface area contributed by atoms with E-state index in [9.17, 15) is 9.59 Å². The number of carbonyl (C=O) groups excluding carboxylic acids is 2. The average Bonchev–Trinajstić information content (AvgIpc) is 2.69. The number of benzene rings is 2. The quantitative estimate of drug-likeness (QED) is 0.616. The molecule has 3 aromatic rings. The number of para-hydroxylation sites is 1. The SMILES string of the molecule is O=C(Nc1ccc(Cl)cc1)Nc1ccccc1C(=O)NCc1cccnc1. The first-order valence-electron chi connectivity index (χ1n) is 8.21. The number of amides is 3. The van der Waals surface area contributed by atoms with Crippen molar-refractivity contribution in [2.45, 2.75) is 6.54 Å². The van der Waals surface area contributed by atoms with Crippen molar-refractivity contribution >= 4 is 34.9 Å². The van der Waals surface area contributed by atoms with Gasteiger partial charge in [-0.2, -0.15) is 0 Å². The van der Waals surface area contributed by atoms with E-state index in [1.807, 2.05) is 6.07 Å². The van der Waals surface area contributed by atoms with E-state index in [1.54, 1.807) is 67.0 Å². The topological polar surface area (TPSA) is 83.1 Å². The first kappa shape index (κ1) is 18.4. The third-order valence-corrected chi connectivity index (χ3v) is 3.95. The van der Waals surface area contributed by atoms with Crippen molar-refractivity contribution in [3.8, 4) is 0 Å².